The van der Waals surface area contributed by atoms with Crippen molar-refractivity contribution >= 4 is 41.5 Å². The Morgan fingerprint density at radius 3 is 1.83 bits per heavy atom. The zero-order valence-corrected chi connectivity index (χ0v) is 44.2. The number of aliphatic imine (C=N–C) groups is 1. The van der Waals surface area contributed by atoms with Crippen molar-refractivity contribution in [2.75, 3.05) is 20.3 Å². The maximum Gasteiger partial charge on any atom is 0.327 e. The first-order chi connectivity index (χ1) is 37.0. The molecule has 0 aromatic heterocycles. The van der Waals surface area contributed by atoms with Crippen molar-refractivity contribution < 1.29 is 79.3 Å². The number of ether oxygens (including phenoxy) is 4. The molecule has 5 aliphatic rings. The fourth-order valence-electron chi connectivity index (χ4n) is 9.91. The highest BCUT2D eigenvalue weighted by Crippen LogP contribution is 2.51. The Kier molecular flexibility index (Phi) is 21.4. The molecular weight excluding hydrogens is 1040 g/mol. The molecule has 4 heterocycles. The van der Waals surface area contributed by atoms with E-state index in [1.807, 2.05) is 56.3 Å². The first kappa shape index (κ1) is 61.6. The number of carboxylic acids is 1. The lowest BCUT2D eigenvalue weighted by molar-refractivity contribution is -0.317. The Labute approximate surface area is 454 Å². The van der Waals surface area contributed by atoms with Crippen LogP contribution in [0.15, 0.2) is 96.0 Å². The van der Waals surface area contributed by atoms with E-state index in [9.17, 15) is 60.3 Å². The second kappa shape index (κ2) is 27.0. The summed E-state index contributed by atoms with van der Waals surface area (Å²) in [6.45, 7) is 5.27. The van der Waals surface area contributed by atoms with E-state index in [1.54, 1.807) is 0 Å². The number of fused-ring (bicyclic) bond motifs is 1. The highest BCUT2D eigenvalue weighted by molar-refractivity contribution is 8.01. The molecule has 18 atom stereocenters. The zero-order valence-electron chi connectivity index (χ0n) is 43.4. The van der Waals surface area contributed by atoms with Crippen LogP contribution < -0.4 is 38.5 Å². The van der Waals surface area contributed by atoms with Crippen LogP contribution in [0.1, 0.15) is 37.5 Å². The molecule has 3 aromatic carbocycles. The number of hydrogen-bond donors (Lipinski definition) is 17. The molecule has 5 fully saturated rings. The molecule has 27 heteroatoms. The molecule has 8 rings (SSSR count). The number of aliphatic carboxylic acids is 1. The van der Waals surface area contributed by atoms with Gasteiger partial charge in [0.2, 0.25) is 11.8 Å². The molecule has 0 unspecified atom stereocenters. The molecular formula is C51H74N10O16S. The average molecular weight is 1120 g/mol. The van der Waals surface area contributed by atoms with E-state index in [0.717, 1.165) is 18.7 Å². The molecule has 1 saturated carbocycles. The van der Waals surface area contributed by atoms with E-state index in [1.165, 1.54) is 41.8 Å². The van der Waals surface area contributed by atoms with Gasteiger partial charge in [-0.25, -0.2) is 9.79 Å². The predicted octanol–water partition coefficient (Wildman–Crippen LogP) is -4.32. The number of thioether (sulfide) groups is 1. The highest BCUT2D eigenvalue weighted by atomic mass is 32.2. The van der Waals surface area contributed by atoms with Gasteiger partial charge >= 0.3 is 5.97 Å². The number of nitrogens with one attached hydrogen (secondary N) is 5. The number of nitrogens with two attached hydrogens (primary N) is 3. The Morgan fingerprint density at radius 1 is 0.782 bits per heavy atom. The number of likely N-dealkylation sites (N-methyl/N-ethyl adjacent to an activating group) is 1. The van der Waals surface area contributed by atoms with Crippen molar-refractivity contribution in [2.24, 2.45) is 22.2 Å². The Bertz CT molecular complexity index is 2440. The molecule has 4 aliphatic heterocycles. The lowest BCUT2D eigenvalue weighted by Crippen LogP contribution is -2.70. The van der Waals surface area contributed by atoms with Crippen LogP contribution in [0.5, 0.6) is 0 Å². The summed E-state index contributed by atoms with van der Waals surface area (Å²) in [6, 6.07) is 24.8. The second-order valence-electron chi connectivity index (χ2n) is 20.0. The van der Waals surface area contributed by atoms with Crippen LogP contribution in [0.2, 0.25) is 0 Å². The molecule has 430 valence electrons. The lowest BCUT2D eigenvalue weighted by Gasteiger charge is -2.46. The van der Waals surface area contributed by atoms with Gasteiger partial charge in [-0.15, -0.1) is 11.8 Å². The Morgan fingerprint density at radius 2 is 1.33 bits per heavy atom. The van der Waals surface area contributed by atoms with Gasteiger partial charge in [0, 0.05) is 17.8 Å². The number of benzene rings is 3. The number of nitrogens with zero attached hydrogens (tertiary/aromatic N) is 2. The minimum Gasteiger partial charge on any atom is -0.480 e. The first-order valence-electron chi connectivity index (χ1n) is 25.1. The average Bonchev–Trinajstić information content (AvgIpc) is 4.07. The minimum atomic E-state index is -2.15. The first-order valence-corrected chi connectivity index (χ1v) is 26.0. The molecule has 4 saturated heterocycles. The normalized spacial score (nSPS) is 34.6. The third-order valence-corrected chi connectivity index (χ3v) is 15.7. The smallest absolute Gasteiger partial charge is 0.327 e. The molecule has 0 spiro atoms. The number of aliphatic hydroxyl groups is 8. The van der Waals surface area contributed by atoms with E-state index in [0.29, 0.717) is 0 Å². The number of carboxylic acid groups (broad SMARTS) is 1. The zero-order chi connectivity index (χ0) is 57.2. The topological polar surface area (TPSA) is 436 Å². The third kappa shape index (κ3) is 14.2. The quantitative estimate of drug-likeness (QED) is 0.0345. The summed E-state index contributed by atoms with van der Waals surface area (Å²) >= 11 is 1.42. The van der Waals surface area contributed by atoms with E-state index >= 15 is 0 Å². The van der Waals surface area contributed by atoms with E-state index in [-0.39, 0.29) is 23.6 Å². The van der Waals surface area contributed by atoms with Crippen LogP contribution in [-0.2, 0) is 52.8 Å². The summed E-state index contributed by atoms with van der Waals surface area (Å²) in [5.41, 5.74) is 17.7. The van der Waals surface area contributed by atoms with Gasteiger partial charge in [-0.3, -0.25) is 15.0 Å². The number of β-lactam (4-membered cyclic amide) rings is 1. The number of amides is 2. The minimum absolute atomic E-state index is 0.202. The Hall–Kier alpha value is -5.60. The third-order valence-electron chi connectivity index (χ3n) is 14.1. The number of carbonyl (C=O) groups is 3. The van der Waals surface area contributed by atoms with Crippen molar-refractivity contribution in [3.8, 4) is 0 Å². The summed E-state index contributed by atoms with van der Waals surface area (Å²) in [6.07, 6.45) is -16.7. The van der Waals surface area contributed by atoms with E-state index in [4.69, 9.17) is 41.6 Å². The van der Waals surface area contributed by atoms with Gasteiger partial charge < -0.3 is 108 Å². The van der Waals surface area contributed by atoms with Gasteiger partial charge in [0.1, 0.15) is 77.9 Å². The van der Waals surface area contributed by atoms with Crippen LogP contribution >= 0.6 is 11.8 Å². The lowest BCUT2D eigenvalue weighted by atomic mass is 9.81. The van der Waals surface area contributed by atoms with Gasteiger partial charge in [-0.05, 0) is 44.5 Å². The van der Waals surface area contributed by atoms with Gasteiger partial charge in [-0.1, -0.05) is 91.0 Å². The maximum atomic E-state index is 12.3. The number of aliphatic hydroxyl groups excluding tert-OH is 7. The summed E-state index contributed by atoms with van der Waals surface area (Å²) in [5, 5.41) is 112. The number of guanidine groups is 2. The SMILES string of the molecule is CC1(C)S[C@@H]2[C@H](NC(=O)Cc3ccccc3)C(=O)N2[C@H]1C(=O)O.CN[C@@H]1[C@H](O[C@H]2[C@H](O[C@H]3[C@H](O)[C@@H](O)[C@H](NC(=N)N)[C@@H](O)[C@@H]3N=C(N)N)O[C@@H](C)[C@]2(O)CO)O[C@@H](CO)[C@H](O)[C@H]1O.c1ccc(CNCc2ccccc2)cc1. The predicted molar refractivity (Wildman–Crippen MR) is 282 cm³/mol. The van der Waals surface area contributed by atoms with Crippen LogP contribution in [0.4, 0.5) is 0 Å². The largest absolute Gasteiger partial charge is 0.480 e. The summed E-state index contributed by atoms with van der Waals surface area (Å²) in [4.78, 5) is 41.1. The highest BCUT2D eigenvalue weighted by Gasteiger charge is 2.64. The van der Waals surface area contributed by atoms with Gasteiger partial charge in [-0.2, -0.15) is 0 Å². The van der Waals surface area contributed by atoms with Gasteiger partial charge in [0.15, 0.2) is 24.5 Å². The molecule has 20 N–H and O–H groups in total. The van der Waals surface area contributed by atoms with Crippen molar-refractivity contribution in [1.29, 1.82) is 5.41 Å². The Balaban J connectivity index is 0.000000215. The second-order valence-corrected chi connectivity index (χ2v) is 21.7. The van der Waals surface area contributed by atoms with E-state index in [2.05, 4.69) is 74.8 Å². The van der Waals surface area contributed by atoms with Crippen molar-refractivity contribution in [1.82, 2.24) is 26.2 Å². The van der Waals surface area contributed by atoms with Gasteiger partial charge in [0.25, 0.3) is 0 Å². The maximum absolute atomic E-state index is 12.3. The van der Waals surface area contributed by atoms with Crippen LogP contribution in [0, 0.1) is 5.41 Å². The van der Waals surface area contributed by atoms with Crippen molar-refractivity contribution in [3.05, 3.63) is 108 Å². The summed E-state index contributed by atoms with van der Waals surface area (Å²) in [7, 11) is 1.44. The summed E-state index contributed by atoms with van der Waals surface area (Å²) in [5.74, 6) is -2.69. The van der Waals surface area contributed by atoms with Crippen molar-refractivity contribution in [2.45, 2.75) is 154 Å². The molecule has 2 amide bonds. The fraction of sp³-hybridized carbons (Fsp3) is 0.549. The molecule has 0 radical (unpaired) electrons. The summed E-state index contributed by atoms with van der Waals surface area (Å²) < 4.78 is 22.6. The standard InChI is InChI=1S/C21H41N7O12.C16H18N2O4S.C14H15N/c1-5-21(36,4-30)16(40-17-9(26-2)13(34)10(31)6(3-29)38-17)18(37-5)39-15-8(28-20(24)25)11(32)7(27-19(22)23)12(33)14(15)35;1-16(2)12(15(21)22)18-13(20)11(14(18)23-16)17-10(19)8-9-6-4-3-5-7-9;1-3-7-13(8-4-1)11-15-12-14-9-5-2-6-10-14/h5-18,26,29-36H,3-4H2,1-2H3,(H4,22,23,27)(H4,24,25,28);3-7,11-12,14H,8H2,1-2H3,(H,17,19)(H,21,22);1-10,15H,11-12H2/t5-,6-,7+,8-,9-,10-,11+,12-,13-,14+,15+,16-,17-,18-,21+;11-,12+,14-;/m01./s1. The van der Waals surface area contributed by atoms with Crippen LogP contribution in [0.3, 0.4) is 0 Å². The van der Waals surface area contributed by atoms with Gasteiger partial charge in [0.05, 0.1) is 37.8 Å². The monoisotopic (exact) mass is 1110 g/mol. The molecule has 1 aliphatic carbocycles. The molecule has 0 bridgehead atoms. The number of carbonyl (C=O) groups excluding carboxylic acids is 2. The molecule has 26 nitrogen and oxygen atoms in total. The number of hydrogen-bond acceptors (Lipinski definition) is 20. The van der Waals surface area contributed by atoms with Crippen molar-refractivity contribution in [3.63, 3.8) is 0 Å². The molecule has 3 aromatic rings. The molecule has 78 heavy (non-hydrogen) atoms. The fourth-order valence-corrected chi connectivity index (χ4v) is 11.5. The number of rotatable bonds is 17. The van der Waals surface area contributed by atoms with Crippen LogP contribution in [0.25, 0.3) is 0 Å². The van der Waals surface area contributed by atoms with Crippen LogP contribution in [-0.4, -0.2) is 214 Å². The van der Waals surface area contributed by atoms with E-state index < -0.39 is 139 Å².